The standard InChI is InChI=1S/C26H28N4O4/c1-30(23(24(27)31)22-14-15-28-18-29-22)16-8-13-21(17-30)34-25(32)26(33,19-9-4-2-5-10-19)20-11-6-3-7-12-20/h2-7,9-12,14-15,18,21,23,33H,8,13,16-17H2,1H3,(H-,27,31)/p+1/t21-,23?,30?/m1/s1. The zero-order valence-electron chi connectivity index (χ0n) is 19.1. The summed E-state index contributed by atoms with van der Waals surface area (Å²) in [6.45, 7) is 1.04. The number of carbonyl (C=O) groups excluding carboxylic acids is 2. The molecule has 1 aromatic heterocycles. The van der Waals surface area contributed by atoms with Gasteiger partial charge in [0.25, 0.3) is 5.91 Å². The molecule has 0 spiro atoms. The molecule has 176 valence electrons. The second-order valence-electron chi connectivity index (χ2n) is 8.94. The first kappa shape index (κ1) is 23.5. The summed E-state index contributed by atoms with van der Waals surface area (Å²) >= 11 is 0. The van der Waals surface area contributed by atoms with Crippen LogP contribution in [0.25, 0.3) is 0 Å². The highest BCUT2D eigenvalue weighted by atomic mass is 16.6. The van der Waals surface area contributed by atoms with E-state index in [0.717, 1.165) is 6.42 Å². The van der Waals surface area contributed by atoms with Gasteiger partial charge in [0.1, 0.15) is 18.6 Å². The molecule has 1 amide bonds. The van der Waals surface area contributed by atoms with E-state index in [1.807, 2.05) is 19.2 Å². The molecule has 8 nitrogen and oxygen atoms in total. The number of primary amides is 1. The van der Waals surface area contributed by atoms with Crippen LogP contribution in [0.5, 0.6) is 0 Å². The molecule has 0 bridgehead atoms. The Kier molecular flexibility index (Phi) is 6.72. The maximum absolute atomic E-state index is 13.5. The van der Waals surface area contributed by atoms with Crippen molar-refractivity contribution in [3.63, 3.8) is 0 Å². The molecule has 0 aliphatic carbocycles. The monoisotopic (exact) mass is 461 g/mol. The Labute approximate surface area is 198 Å². The van der Waals surface area contributed by atoms with E-state index in [2.05, 4.69) is 9.97 Å². The third kappa shape index (κ3) is 4.55. The number of ether oxygens (including phenoxy) is 1. The van der Waals surface area contributed by atoms with Gasteiger partial charge in [0.15, 0.2) is 6.10 Å². The topological polar surface area (TPSA) is 115 Å². The molecule has 3 atom stereocenters. The van der Waals surface area contributed by atoms with Crippen LogP contribution in [0, 0.1) is 0 Å². The summed E-state index contributed by atoms with van der Waals surface area (Å²) in [4.78, 5) is 34.2. The van der Waals surface area contributed by atoms with E-state index in [1.54, 1.807) is 60.8 Å². The Morgan fingerprint density at radius 3 is 2.24 bits per heavy atom. The molecule has 1 saturated heterocycles. The minimum absolute atomic E-state index is 0.249. The number of likely N-dealkylation sites (tertiary alicyclic amines) is 1. The van der Waals surface area contributed by atoms with Crippen LogP contribution in [0.2, 0.25) is 0 Å². The van der Waals surface area contributed by atoms with Gasteiger partial charge in [-0.3, -0.25) is 4.79 Å². The largest absolute Gasteiger partial charge is 0.454 e. The molecule has 1 fully saturated rings. The smallest absolute Gasteiger partial charge is 0.348 e. The van der Waals surface area contributed by atoms with Crippen LogP contribution in [-0.2, 0) is 19.9 Å². The van der Waals surface area contributed by atoms with Crippen molar-refractivity contribution in [2.75, 3.05) is 20.1 Å². The highest BCUT2D eigenvalue weighted by Crippen LogP contribution is 2.35. The molecule has 2 aromatic carbocycles. The predicted molar refractivity (Wildman–Crippen MR) is 125 cm³/mol. The van der Waals surface area contributed by atoms with Crippen LogP contribution in [-0.4, -0.2) is 57.7 Å². The lowest BCUT2D eigenvalue weighted by Crippen LogP contribution is -2.59. The van der Waals surface area contributed by atoms with E-state index in [4.69, 9.17) is 10.5 Å². The zero-order chi connectivity index (χ0) is 24.2. The Morgan fingerprint density at radius 2 is 1.71 bits per heavy atom. The van der Waals surface area contributed by atoms with E-state index < -0.39 is 29.6 Å². The van der Waals surface area contributed by atoms with Gasteiger partial charge in [-0.15, -0.1) is 0 Å². The molecule has 1 aliphatic heterocycles. The van der Waals surface area contributed by atoms with Crippen LogP contribution in [0.1, 0.15) is 35.7 Å². The fraction of sp³-hybridized carbons (Fsp3) is 0.308. The van der Waals surface area contributed by atoms with Gasteiger partial charge in [-0.05, 0) is 23.6 Å². The van der Waals surface area contributed by atoms with Crippen LogP contribution in [0.3, 0.4) is 0 Å². The number of carbonyl (C=O) groups is 2. The molecule has 4 rings (SSSR count). The number of amides is 1. The lowest BCUT2D eigenvalue weighted by atomic mass is 9.86. The number of esters is 1. The van der Waals surface area contributed by atoms with E-state index in [1.165, 1.54) is 6.33 Å². The van der Waals surface area contributed by atoms with E-state index in [0.29, 0.717) is 36.3 Å². The van der Waals surface area contributed by atoms with Gasteiger partial charge in [-0.1, -0.05) is 60.7 Å². The van der Waals surface area contributed by atoms with Gasteiger partial charge >= 0.3 is 5.97 Å². The van der Waals surface area contributed by atoms with Crippen molar-refractivity contribution >= 4 is 11.9 Å². The highest BCUT2D eigenvalue weighted by Gasteiger charge is 2.47. The fourth-order valence-corrected chi connectivity index (χ4v) is 4.89. The van der Waals surface area contributed by atoms with Gasteiger partial charge in [-0.25, -0.2) is 14.8 Å². The minimum Gasteiger partial charge on any atom is -0.454 e. The molecule has 3 N–H and O–H groups in total. The van der Waals surface area contributed by atoms with Gasteiger partial charge in [0.2, 0.25) is 11.6 Å². The zero-order valence-corrected chi connectivity index (χ0v) is 19.1. The summed E-state index contributed by atoms with van der Waals surface area (Å²) in [7, 11) is 1.91. The summed E-state index contributed by atoms with van der Waals surface area (Å²) < 4.78 is 6.19. The Bertz CT molecular complexity index is 1090. The first-order chi connectivity index (χ1) is 16.3. The average molecular weight is 462 g/mol. The first-order valence-electron chi connectivity index (χ1n) is 11.3. The third-order valence-electron chi connectivity index (χ3n) is 6.55. The summed E-state index contributed by atoms with van der Waals surface area (Å²) in [6.07, 6.45) is 3.80. The Morgan fingerprint density at radius 1 is 1.09 bits per heavy atom. The number of rotatable bonds is 7. The van der Waals surface area contributed by atoms with E-state index >= 15 is 0 Å². The van der Waals surface area contributed by atoms with Crippen molar-refractivity contribution in [1.29, 1.82) is 0 Å². The van der Waals surface area contributed by atoms with Crippen molar-refractivity contribution in [3.05, 3.63) is 96.1 Å². The maximum Gasteiger partial charge on any atom is 0.348 e. The average Bonchev–Trinajstić information content (AvgIpc) is 2.85. The van der Waals surface area contributed by atoms with Crippen LogP contribution in [0.15, 0.2) is 79.3 Å². The van der Waals surface area contributed by atoms with Crippen LogP contribution < -0.4 is 5.73 Å². The Hall–Kier alpha value is -3.62. The maximum atomic E-state index is 13.5. The number of hydrogen-bond acceptors (Lipinski definition) is 6. The summed E-state index contributed by atoms with van der Waals surface area (Å²) in [5, 5.41) is 11.7. The van der Waals surface area contributed by atoms with E-state index in [-0.39, 0.29) is 4.48 Å². The Balaban J connectivity index is 1.61. The highest BCUT2D eigenvalue weighted by molar-refractivity contribution is 5.85. The number of aliphatic hydroxyl groups is 1. The quantitative estimate of drug-likeness (QED) is 0.411. The van der Waals surface area contributed by atoms with Crippen molar-refractivity contribution in [2.24, 2.45) is 5.73 Å². The molecule has 0 saturated carbocycles. The third-order valence-corrected chi connectivity index (χ3v) is 6.55. The fourth-order valence-electron chi connectivity index (χ4n) is 4.89. The molecule has 2 unspecified atom stereocenters. The normalized spacial score (nSPS) is 21.4. The number of piperidine rings is 1. The van der Waals surface area contributed by atoms with Crippen LogP contribution >= 0.6 is 0 Å². The second kappa shape index (κ2) is 9.70. The van der Waals surface area contributed by atoms with Crippen molar-refractivity contribution in [1.82, 2.24) is 9.97 Å². The summed E-state index contributed by atoms with van der Waals surface area (Å²) in [5.74, 6) is -1.25. The first-order valence-corrected chi connectivity index (χ1v) is 11.3. The molecular weight excluding hydrogens is 432 g/mol. The van der Waals surface area contributed by atoms with Gasteiger partial charge < -0.3 is 20.1 Å². The van der Waals surface area contributed by atoms with Crippen molar-refractivity contribution in [2.45, 2.75) is 30.6 Å². The van der Waals surface area contributed by atoms with Crippen molar-refractivity contribution < 1.29 is 23.9 Å². The van der Waals surface area contributed by atoms with Gasteiger partial charge in [0, 0.05) is 12.6 Å². The molecular formula is C26H29N4O4+. The lowest BCUT2D eigenvalue weighted by molar-refractivity contribution is -0.937. The second-order valence-corrected chi connectivity index (χ2v) is 8.94. The summed E-state index contributed by atoms with van der Waals surface area (Å²) in [5.41, 5.74) is 5.21. The number of aromatic nitrogens is 2. The minimum atomic E-state index is -1.96. The lowest BCUT2D eigenvalue weighted by Gasteiger charge is -2.45. The molecule has 1 aliphatic rings. The van der Waals surface area contributed by atoms with Crippen LogP contribution in [0.4, 0.5) is 0 Å². The predicted octanol–water partition coefficient (Wildman–Crippen LogP) is 2.09. The summed E-state index contributed by atoms with van der Waals surface area (Å²) in [6, 6.07) is 18.5. The molecule has 8 heteroatoms. The number of benzene rings is 2. The number of nitrogens with two attached hydrogens (primary N) is 1. The molecule has 34 heavy (non-hydrogen) atoms. The van der Waals surface area contributed by atoms with Gasteiger partial charge in [0.05, 0.1) is 13.6 Å². The van der Waals surface area contributed by atoms with E-state index in [9.17, 15) is 14.7 Å². The number of quaternary nitrogens is 1. The number of likely N-dealkylation sites (N-methyl/N-ethyl adjacent to an activating group) is 1. The molecule has 0 radical (unpaired) electrons. The van der Waals surface area contributed by atoms with Gasteiger partial charge in [-0.2, -0.15) is 0 Å². The number of nitrogens with zero attached hydrogens (tertiary/aromatic N) is 3. The molecule has 2 heterocycles. The van der Waals surface area contributed by atoms with Crippen molar-refractivity contribution in [3.8, 4) is 0 Å². The number of hydrogen-bond donors (Lipinski definition) is 2. The SMILES string of the molecule is C[N+]1(C(C(N)=O)c2ccncn2)CCC[C@@H](OC(=O)C(O)(c2ccccc2)c2ccccc2)C1. The molecule has 3 aromatic rings.